The summed E-state index contributed by atoms with van der Waals surface area (Å²) in [5.74, 6) is 6.11. The summed E-state index contributed by atoms with van der Waals surface area (Å²) in [5, 5.41) is 4.21. The van der Waals surface area contributed by atoms with Crippen LogP contribution in [0.2, 0.25) is 0 Å². The standard InChI is InChI=1S/C12H9ClN2/c13-9-4-7-12-8-10-14-15(12)11-5-2-1-3-6-11/h1-3,5-6,8,10H,9H2. The van der Waals surface area contributed by atoms with Gasteiger partial charge in [-0.2, -0.15) is 5.10 Å². The number of para-hydroxylation sites is 1. The highest BCUT2D eigenvalue weighted by Gasteiger charge is 2.00. The molecule has 0 saturated carbocycles. The largest absolute Gasteiger partial charge is 0.225 e. The van der Waals surface area contributed by atoms with Gasteiger partial charge in [-0.3, -0.25) is 0 Å². The molecule has 15 heavy (non-hydrogen) atoms. The third kappa shape index (κ3) is 2.20. The predicted octanol–water partition coefficient (Wildman–Crippen LogP) is 2.46. The molecule has 0 bridgehead atoms. The van der Waals surface area contributed by atoms with Gasteiger partial charge in [-0.1, -0.05) is 24.1 Å². The molecule has 3 heteroatoms. The average Bonchev–Trinajstić information content (AvgIpc) is 2.75. The number of halogens is 1. The third-order valence-corrected chi connectivity index (χ3v) is 2.06. The second-order valence-corrected chi connectivity index (χ2v) is 3.17. The molecule has 0 spiro atoms. The highest BCUT2D eigenvalue weighted by Crippen LogP contribution is 2.08. The molecular formula is C12H9ClN2. The lowest BCUT2D eigenvalue weighted by molar-refractivity contribution is 0.869. The summed E-state index contributed by atoms with van der Waals surface area (Å²) in [7, 11) is 0. The topological polar surface area (TPSA) is 17.8 Å². The van der Waals surface area contributed by atoms with Gasteiger partial charge in [-0.05, 0) is 24.1 Å². The molecule has 0 fully saturated rings. The van der Waals surface area contributed by atoms with Crippen LogP contribution in [0, 0.1) is 11.8 Å². The van der Waals surface area contributed by atoms with E-state index in [1.165, 1.54) is 0 Å². The maximum absolute atomic E-state index is 5.51. The highest BCUT2D eigenvalue weighted by atomic mass is 35.5. The van der Waals surface area contributed by atoms with Crippen LogP contribution in [0.3, 0.4) is 0 Å². The number of benzene rings is 1. The molecule has 0 radical (unpaired) electrons. The van der Waals surface area contributed by atoms with Crippen molar-refractivity contribution in [2.45, 2.75) is 0 Å². The van der Waals surface area contributed by atoms with E-state index in [4.69, 9.17) is 11.6 Å². The monoisotopic (exact) mass is 216 g/mol. The minimum absolute atomic E-state index is 0.333. The van der Waals surface area contributed by atoms with E-state index in [9.17, 15) is 0 Å². The summed E-state index contributed by atoms with van der Waals surface area (Å²) in [6.07, 6.45) is 1.73. The van der Waals surface area contributed by atoms with Crippen LogP contribution in [-0.4, -0.2) is 15.7 Å². The zero-order chi connectivity index (χ0) is 10.5. The first-order valence-electron chi connectivity index (χ1n) is 4.56. The van der Waals surface area contributed by atoms with Gasteiger partial charge in [0.05, 0.1) is 17.8 Å². The van der Waals surface area contributed by atoms with Crippen LogP contribution < -0.4 is 0 Å². The van der Waals surface area contributed by atoms with E-state index < -0.39 is 0 Å². The second kappa shape index (κ2) is 4.68. The molecule has 74 valence electrons. The Labute approximate surface area is 93.5 Å². The number of alkyl halides is 1. The van der Waals surface area contributed by atoms with Crippen molar-refractivity contribution in [3.05, 3.63) is 48.3 Å². The van der Waals surface area contributed by atoms with E-state index in [0.717, 1.165) is 11.4 Å². The molecule has 0 aliphatic carbocycles. The van der Waals surface area contributed by atoms with Crippen molar-refractivity contribution in [1.82, 2.24) is 9.78 Å². The van der Waals surface area contributed by atoms with Crippen LogP contribution in [0.25, 0.3) is 5.69 Å². The summed E-state index contributed by atoms with van der Waals surface area (Å²) in [6, 6.07) is 11.7. The van der Waals surface area contributed by atoms with Crippen molar-refractivity contribution in [2.24, 2.45) is 0 Å². The number of nitrogens with zero attached hydrogens (tertiary/aromatic N) is 2. The van der Waals surface area contributed by atoms with Crippen molar-refractivity contribution < 1.29 is 0 Å². The fourth-order valence-electron chi connectivity index (χ4n) is 1.30. The number of aromatic nitrogens is 2. The normalized spacial score (nSPS) is 9.40. The zero-order valence-corrected chi connectivity index (χ0v) is 8.78. The van der Waals surface area contributed by atoms with Gasteiger partial charge in [0.15, 0.2) is 0 Å². The number of hydrogen-bond acceptors (Lipinski definition) is 1. The van der Waals surface area contributed by atoms with Gasteiger partial charge < -0.3 is 0 Å². The summed E-state index contributed by atoms with van der Waals surface area (Å²) in [4.78, 5) is 0. The molecule has 1 aromatic heterocycles. The van der Waals surface area contributed by atoms with Crippen molar-refractivity contribution in [3.63, 3.8) is 0 Å². The summed E-state index contributed by atoms with van der Waals surface area (Å²) < 4.78 is 1.79. The molecule has 1 heterocycles. The molecule has 0 amide bonds. The van der Waals surface area contributed by atoms with E-state index in [1.807, 2.05) is 36.4 Å². The Bertz CT molecular complexity index is 491. The summed E-state index contributed by atoms with van der Waals surface area (Å²) in [6.45, 7) is 0. The van der Waals surface area contributed by atoms with Crippen LogP contribution in [0.1, 0.15) is 5.69 Å². The first-order chi connectivity index (χ1) is 7.42. The van der Waals surface area contributed by atoms with Crippen LogP contribution in [0.5, 0.6) is 0 Å². The molecular weight excluding hydrogens is 208 g/mol. The van der Waals surface area contributed by atoms with Crippen molar-refractivity contribution in [3.8, 4) is 17.5 Å². The van der Waals surface area contributed by atoms with Gasteiger partial charge in [-0.15, -0.1) is 11.6 Å². The van der Waals surface area contributed by atoms with Gasteiger partial charge in [0, 0.05) is 0 Å². The lowest BCUT2D eigenvalue weighted by Gasteiger charge is -2.01. The van der Waals surface area contributed by atoms with Gasteiger partial charge in [0.1, 0.15) is 5.69 Å². The van der Waals surface area contributed by atoms with Crippen molar-refractivity contribution in [1.29, 1.82) is 0 Å². The first kappa shape index (κ1) is 9.82. The first-order valence-corrected chi connectivity index (χ1v) is 5.09. The number of rotatable bonds is 1. The maximum atomic E-state index is 5.51. The zero-order valence-electron chi connectivity index (χ0n) is 8.02. The fourth-order valence-corrected chi connectivity index (χ4v) is 1.36. The summed E-state index contributed by atoms with van der Waals surface area (Å²) >= 11 is 5.51. The van der Waals surface area contributed by atoms with Gasteiger partial charge in [-0.25, -0.2) is 4.68 Å². The lowest BCUT2D eigenvalue weighted by Crippen LogP contribution is -1.98. The van der Waals surface area contributed by atoms with Gasteiger partial charge >= 0.3 is 0 Å². The minimum Gasteiger partial charge on any atom is -0.225 e. The van der Waals surface area contributed by atoms with E-state index in [-0.39, 0.29) is 0 Å². The van der Waals surface area contributed by atoms with E-state index >= 15 is 0 Å². The van der Waals surface area contributed by atoms with Crippen molar-refractivity contribution >= 4 is 11.6 Å². The predicted molar refractivity (Wildman–Crippen MR) is 61.2 cm³/mol. The molecule has 2 nitrogen and oxygen atoms in total. The minimum atomic E-state index is 0.333. The summed E-state index contributed by atoms with van der Waals surface area (Å²) in [5.41, 5.74) is 1.85. The second-order valence-electron chi connectivity index (χ2n) is 2.90. The van der Waals surface area contributed by atoms with Crippen molar-refractivity contribution in [2.75, 3.05) is 5.88 Å². The Morgan fingerprint density at radius 3 is 2.73 bits per heavy atom. The van der Waals surface area contributed by atoms with Crippen LogP contribution in [-0.2, 0) is 0 Å². The Morgan fingerprint density at radius 2 is 2.00 bits per heavy atom. The highest BCUT2D eigenvalue weighted by molar-refractivity contribution is 6.19. The van der Waals surface area contributed by atoms with E-state index in [2.05, 4.69) is 16.9 Å². The Hall–Kier alpha value is -1.72. The Kier molecular flexibility index (Phi) is 3.06. The van der Waals surface area contributed by atoms with Crippen LogP contribution in [0.15, 0.2) is 42.6 Å². The molecule has 2 rings (SSSR count). The molecule has 2 aromatic rings. The van der Waals surface area contributed by atoms with Crippen LogP contribution in [0.4, 0.5) is 0 Å². The quantitative estimate of drug-likeness (QED) is 0.529. The SMILES string of the molecule is ClCC#Cc1ccnn1-c1ccccc1. The smallest absolute Gasteiger partial charge is 0.117 e. The molecule has 0 aliphatic rings. The van der Waals surface area contributed by atoms with Crippen LogP contribution >= 0.6 is 11.6 Å². The molecule has 0 unspecified atom stereocenters. The molecule has 0 saturated heterocycles. The van der Waals surface area contributed by atoms with E-state index in [0.29, 0.717) is 5.88 Å². The Balaban J connectivity index is 2.42. The Morgan fingerprint density at radius 1 is 1.20 bits per heavy atom. The fraction of sp³-hybridized carbons (Fsp3) is 0.0833. The maximum Gasteiger partial charge on any atom is 0.117 e. The van der Waals surface area contributed by atoms with E-state index in [1.54, 1.807) is 10.9 Å². The average molecular weight is 217 g/mol. The molecule has 0 atom stereocenters. The van der Waals surface area contributed by atoms with Gasteiger partial charge in [0.2, 0.25) is 0 Å². The number of hydrogen-bond donors (Lipinski definition) is 0. The lowest BCUT2D eigenvalue weighted by atomic mass is 10.3. The molecule has 0 aliphatic heterocycles. The molecule has 1 aromatic carbocycles. The third-order valence-electron chi connectivity index (χ3n) is 1.93. The van der Waals surface area contributed by atoms with Gasteiger partial charge in [0.25, 0.3) is 0 Å². The molecule has 0 N–H and O–H groups in total.